The molecule has 142 valence electrons. The van der Waals surface area contributed by atoms with Gasteiger partial charge in [0.05, 0.1) is 11.7 Å². The average Bonchev–Trinajstić information content (AvgIpc) is 3.11. The third-order valence-corrected chi connectivity index (χ3v) is 4.79. The molecule has 0 aliphatic carbocycles. The lowest BCUT2D eigenvalue weighted by molar-refractivity contribution is 0.0376. The molecule has 0 spiro atoms. The summed E-state index contributed by atoms with van der Waals surface area (Å²) in [5, 5.41) is 12.3. The van der Waals surface area contributed by atoms with Crippen LogP contribution in [0.15, 0.2) is 0 Å². The molecule has 0 saturated carbocycles. The topological polar surface area (TPSA) is 97.0 Å². The zero-order valence-corrected chi connectivity index (χ0v) is 16.7. The summed E-state index contributed by atoms with van der Waals surface area (Å²) >= 11 is 1.38. The van der Waals surface area contributed by atoms with Gasteiger partial charge in [-0.15, -0.1) is 10.2 Å². The van der Waals surface area contributed by atoms with Gasteiger partial charge in [-0.1, -0.05) is 31.1 Å². The van der Waals surface area contributed by atoms with Crippen molar-refractivity contribution in [3.05, 3.63) is 27.5 Å². The molecule has 2 heterocycles. The monoisotopic (exact) mass is 378 g/mol. The first-order valence-corrected chi connectivity index (χ1v) is 9.69. The molecular weight excluding hydrogens is 352 g/mol. The molecule has 2 rings (SSSR count). The maximum absolute atomic E-state index is 12.6. The Labute approximate surface area is 157 Å². The van der Waals surface area contributed by atoms with Crippen molar-refractivity contribution < 1.29 is 14.3 Å². The number of hydrogen-bond donors (Lipinski definition) is 2. The summed E-state index contributed by atoms with van der Waals surface area (Å²) in [4.78, 5) is 27.8. The number of amides is 1. The molecule has 0 fully saturated rings. The predicted molar refractivity (Wildman–Crippen MR) is 102 cm³/mol. The Morgan fingerprint density at radius 3 is 2.62 bits per heavy atom. The van der Waals surface area contributed by atoms with Crippen LogP contribution in [0.4, 0.5) is 5.13 Å². The van der Waals surface area contributed by atoms with Crippen LogP contribution in [0.2, 0.25) is 0 Å². The summed E-state index contributed by atoms with van der Waals surface area (Å²) in [6.45, 7) is 9.20. The average molecular weight is 378 g/mol. The Morgan fingerprint density at radius 1 is 1.23 bits per heavy atom. The Hall–Kier alpha value is -2.22. The van der Waals surface area contributed by atoms with Gasteiger partial charge in [-0.3, -0.25) is 10.1 Å². The molecule has 0 aliphatic heterocycles. The predicted octanol–water partition coefficient (Wildman–Crippen LogP) is 4.03. The molecule has 8 heteroatoms. The van der Waals surface area contributed by atoms with E-state index in [1.807, 2.05) is 0 Å². The largest absolute Gasteiger partial charge is 0.459 e. The van der Waals surface area contributed by atoms with E-state index in [0.717, 1.165) is 30.7 Å². The molecule has 2 N–H and O–H groups in total. The summed E-state index contributed by atoms with van der Waals surface area (Å²) in [6.07, 6.45) is 4.01. The maximum atomic E-state index is 12.6. The van der Waals surface area contributed by atoms with E-state index < -0.39 is 5.97 Å². The number of ether oxygens (including phenoxy) is 1. The molecule has 7 nitrogen and oxygen atoms in total. The first kappa shape index (κ1) is 20.1. The normalized spacial score (nSPS) is 11.0. The van der Waals surface area contributed by atoms with E-state index in [1.165, 1.54) is 11.3 Å². The van der Waals surface area contributed by atoms with Crippen LogP contribution in [0, 0.1) is 13.8 Å². The number of unbranched alkanes of at least 4 members (excludes halogenated alkanes) is 2. The lowest BCUT2D eigenvalue weighted by Gasteiger charge is -2.08. The fraction of sp³-hybridized carbons (Fsp3) is 0.556. The number of nitrogens with zero attached hydrogens (tertiary/aromatic N) is 2. The zero-order chi connectivity index (χ0) is 19.3. The van der Waals surface area contributed by atoms with E-state index in [9.17, 15) is 9.59 Å². The second-order valence-electron chi connectivity index (χ2n) is 6.49. The molecule has 0 saturated heterocycles. The molecule has 0 atom stereocenters. The Balaban J connectivity index is 2.09. The van der Waals surface area contributed by atoms with Crippen LogP contribution in [-0.2, 0) is 11.2 Å². The van der Waals surface area contributed by atoms with Crippen LogP contribution >= 0.6 is 11.3 Å². The van der Waals surface area contributed by atoms with E-state index in [1.54, 1.807) is 27.7 Å². The molecule has 0 unspecified atom stereocenters. The van der Waals surface area contributed by atoms with Crippen molar-refractivity contribution in [3.8, 4) is 0 Å². The van der Waals surface area contributed by atoms with Crippen LogP contribution in [0.3, 0.4) is 0 Å². The number of carbonyl (C=O) groups is 2. The number of rotatable bonds is 8. The van der Waals surface area contributed by atoms with Gasteiger partial charge in [0.1, 0.15) is 10.7 Å². The van der Waals surface area contributed by atoms with Crippen molar-refractivity contribution in [3.63, 3.8) is 0 Å². The summed E-state index contributed by atoms with van der Waals surface area (Å²) < 4.78 is 5.25. The smallest absolute Gasteiger partial charge is 0.340 e. The third-order valence-electron chi connectivity index (χ3n) is 3.89. The number of esters is 1. The molecule has 0 bridgehead atoms. The number of hydrogen-bond acceptors (Lipinski definition) is 6. The van der Waals surface area contributed by atoms with Gasteiger partial charge >= 0.3 is 5.97 Å². The SMILES string of the molecule is CCCCCc1nnc(NC(=O)c2[nH]c(C)c(C(=O)OC(C)C)c2C)s1. The van der Waals surface area contributed by atoms with Crippen LogP contribution in [-0.4, -0.2) is 33.2 Å². The van der Waals surface area contributed by atoms with Crippen molar-refractivity contribution in [2.45, 2.75) is 66.4 Å². The zero-order valence-electron chi connectivity index (χ0n) is 15.9. The highest BCUT2D eigenvalue weighted by atomic mass is 32.1. The number of aromatic amines is 1. The van der Waals surface area contributed by atoms with Crippen molar-refractivity contribution in [1.29, 1.82) is 0 Å². The number of anilines is 1. The molecule has 1 amide bonds. The minimum atomic E-state index is -0.431. The standard InChI is InChI=1S/C18H26N4O3S/c1-6-7-8-9-13-21-22-18(26-13)20-16(23)15-11(4)14(12(5)19-15)17(24)25-10(2)3/h10,19H,6-9H2,1-5H3,(H,20,22,23). The van der Waals surface area contributed by atoms with E-state index in [0.29, 0.717) is 27.6 Å². The summed E-state index contributed by atoms with van der Waals surface area (Å²) in [5.74, 6) is -0.773. The van der Waals surface area contributed by atoms with Gasteiger partial charge in [-0.05, 0) is 39.7 Å². The van der Waals surface area contributed by atoms with Crippen molar-refractivity contribution >= 4 is 28.3 Å². The van der Waals surface area contributed by atoms with Crippen molar-refractivity contribution in [2.24, 2.45) is 0 Å². The molecule has 2 aromatic rings. The van der Waals surface area contributed by atoms with E-state index in [4.69, 9.17) is 4.74 Å². The Bertz CT molecular complexity index is 779. The highest BCUT2D eigenvalue weighted by molar-refractivity contribution is 7.15. The van der Waals surface area contributed by atoms with Gasteiger partial charge in [-0.2, -0.15) is 0 Å². The molecule has 0 aliphatic rings. The summed E-state index contributed by atoms with van der Waals surface area (Å²) in [5.41, 5.74) is 1.91. The molecule has 26 heavy (non-hydrogen) atoms. The van der Waals surface area contributed by atoms with Gasteiger partial charge in [0.2, 0.25) is 5.13 Å². The highest BCUT2D eigenvalue weighted by Gasteiger charge is 2.24. The van der Waals surface area contributed by atoms with E-state index >= 15 is 0 Å². The quantitative estimate of drug-likeness (QED) is 0.534. The lowest BCUT2D eigenvalue weighted by Crippen LogP contribution is -2.15. The van der Waals surface area contributed by atoms with Crippen LogP contribution < -0.4 is 5.32 Å². The lowest BCUT2D eigenvalue weighted by atomic mass is 10.1. The number of nitrogens with one attached hydrogen (secondary N) is 2. The molecular formula is C18H26N4O3S. The van der Waals surface area contributed by atoms with Crippen LogP contribution in [0.25, 0.3) is 0 Å². The van der Waals surface area contributed by atoms with Gasteiger partial charge in [0.25, 0.3) is 5.91 Å². The first-order valence-electron chi connectivity index (χ1n) is 8.87. The van der Waals surface area contributed by atoms with Gasteiger partial charge < -0.3 is 9.72 Å². The Kier molecular flexibility index (Phi) is 6.90. The van der Waals surface area contributed by atoms with E-state index in [2.05, 4.69) is 27.4 Å². The van der Waals surface area contributed by atoms with Crippen molar-refractivity contribution in [2.75, 3.05) is 5.32 Å². The number of aryl methyl sites for hydroxylation is 2. The number of aromatic nitrogens is 3. The minimum absolute atomic E-state index is 0.221. The highest BCUT2D eigenvalue weighted by Crippen LogP contribution is 2.22. The summed E-state index contributed by atoms with van der Waals surface area (Å²) in [7, 11) is 0. The third kappa shape index (κ3) is 4.91. The van der Waals surface area contributed by atoms with Crippen molar-refractivity contribution in [1.82, 2.24) is 15.2 Å². The van der Waals surface area contributed by atoms with Gasteiger partial charge in [-0.25, -0.2) is 4.79 Å². The Morgan fingerprint density at radius 2 is 1.96 bits per heavy atom. The molecule has 2 aromatic heterocycles. The maximum Gasteiger partial charge on any atom is 0.340 e. The molecule has 0 radical (unpaired) electrons. The fourth-order valence-electron chi connectivity index (χ4n) is 2.65. The second kappa shape index (κ2) is 8.93. The molecule has 0 aromatic carbocycles. The van der Waals surface area contributed by atoms with E-state index in [-0.39, 0.29) is 12.0 Å². The van der Waals surface area contributed by atoms with Crippen LogP contribution in [0.1, 0.15) is 77.1 Å². The minimum Gasteiger partial charge on any atom is -0.459 e. The first-order chi connectivity index (χ1) is 12.3. The summed E-state index contributed by atoms with van der Waals surface area (Å²) in [6, 6.07) is 0. The number of carbonyl (C=O) groups excluding carboxylic acids is 2. The fourth-order valence-corrected chi connectivity index (χ4v) is 3.42. The van der Waals surface area contributed by atoms with Gasteiger partial charge in [0, 0.05) is 12.1 Å². The second-order valence-corrected chi connectivity index (χ2v) is 7.55. The number of H-pyrrole nitrogens is 1. The van der Waals surface area contributed by atoms with Crippen LogP contribution in [0.5, 0.6) is 0 Å². The van der Waals surface area contributed by atoms with Gasteiger partial charge in [0.15, 0.2) is 0 Å².